The highest BCUT2D eigenvalue weighted by molar-refractivity contribution is 5.93. The first-order chi connectivity index (χ1) is 11.6. The summed E-state index contributed by atoms with van der Waals surface area (Å²) in [7, 11) is 1.72. The van der Waals surface area contributed by atoms with Gasteiger partial charge in [0, 0.05) is 43.8 Å². The number of hydrogen-bond acceptors (Lipinski definition) is 4. The summed E-state index contributed by atoms with van der Waals surface area (Å²) in [6.45, 7) is 5.50. The number of piperidine rings is 1. The highest BCUT2D eigenvalue weighted by Gasteiger charge is 2.28. The molecule has 2 aromatic rings. The third-order valence-corrected chi connectivity index (χ3v) is 4.73. The lowest BCUT2D eigenvalue weighted by molar-refractivity contribution is 0.0578. The van der Waals surface area contributed by atoms with E-state index in [-0.39, 0.29) is 5.91 Å². The highest BCUT2D eigenvalue weighted by atomic mass is 16.5. The quantitative estimate of drug-likeness (QED) is 0.791. The molecule has 0 unspecified atom stereocenters. The second kappa shape index (κ2) is 7.30. The second-order valence-electron chi connectivity index (χ2n) is 6.62. The number of rotatable bonds is 5. The van der Waals surface area contributed by atoms with Crippen LogP contribution < -0.4 is 0 Å². The number of carbonyl (C=O) groups is 1. The molecule has 1 fully saturated rings. The summed E-state index contributed by atoms with van der Waals surface area (Å²) >= 11 is 0. The standard InChI is InChI=1S/C18H26N4O2/c1-13-11-14(2)22-17(19-13)12-16(20-22)18(23)21-9-5-4-7-15(21)8-6-10-24-3/h11-12,15H,4-10H2,1-3H3/t15-/m0/s1. The zero-order chi connectivity index (χ0) is 17.1. The molecule has 2 aromatic heterocycles. The zero-order valence-electron chi connectivity index (χ0n) is 14.8. The van der Waals surface area contributed by atoms with E-state index in [1.54, 1.807) is 11.6 Å². The predicted octanol–water partition coefficient (Wildman–Crippen LogP) is 2.77. The van der Waals surface area contributed by atoms with Gasteiger partial charge in [-0.05, 0) is 52.0 Å². The lowest BCUT2D eigenvalue weighted by Crippen LogP contribution is -2.44. The van der Waals surface area contributed by atoms with E-state index in [1.165, 1.54) is 6.42 Å². The number of aryl methyl sites for hydroxylation is 2. The van der Waals surface area contributed by atoms with Crippen molar-refractivity contribution in [2.45, 2.75) is 52.0 Å². The minimum absolute atomic E-state index is 0.0275. The molecule has 0 saturated carbocycles. The van der Waals surface area contributed by atoms with Crippen LogP contribution in [0.4, 0.5) is 0 Å². The number of methoxy groups -OCH3 is 1. The summed E-state index contributed by atoms with van der Waals surface area (Å²) in [4.78, 5) is 19.5. The molecule has 0 N–H and O–H groups in total. The van der Waals surface area contributed by atoms with Crippen LogP contribution in [0.1, 0.15) is 54.0 Å². The Morgan fingerprint density at radius 3 is 2.96 bits per heavy atom. The first-order valence-electron chi connectivity index (χ1n) is 8.74. The monoisotopic (exact) mass is 330 g/mol. The fourth-order valence-electron chi connectivity index (χ4n) is 3.57. The van der Waals surface area contributed by atoms with E-state index in [4.69, 9.17) is 4.74 Å². The summed E-state index contributed by atoms with van der Waals surface area (Å²) < 4.78 is 6.90. The van der Waals surface area contributed by atoms with Crippen molar-refractivity contribution in [3.63, 3.8) is 0 Å². The summed E-state index contributed by atoms with van der Waals surface area (Å²) in [5.74, 6) is 0.0275. The number of ether oxygens (including phenoxy) is 1. The van der Waals surface area contributed by atoms with Crippen LogP contribution in [0.2, 0.25) is 0 Å². The lowest BCUT2D eigenvalue weighted by atomic mass is 9.97. The van der Waals surface area contributed by atoms with Crippen LogP contribution in [0.5, 0.6) is 0 Å². The Bertz CT molecular complexity index is 725. The molecule has 0 spiro atoms. The molecule has 1 amide bonds. The first-order valence-corrected chi connectivity index (χ1v) is 8.74. The van der Waals surface area contributed by atoms with Gasteiger partial charge in [0.1, 0.15) is 0 Å². The molecule has 24 heavy (non-hydrogen) atoms. The predicted molar refractivity (Wildman–Crippen MR) is 92.2 cm³/mol. The van der Waals surface area contributed by atoms with Crippen molar-refractivity contribution in [1.29, 1.82) is 0 Å². The second-order valence-corrected chi connectivity index (χ2v) is 6.62. The normalized spacial score (nSPS) is 18.3. The molecular formula is C18H26N4O2. The molecule has 0 bridgehead atoms. The largest absolute Gasteiger partial charge is 0.385 e. The van der Waals surface area contributed by atoms with Gasteiger partial charge in [0.2, 0.25) is 0 Å². The highest BCUT2D eigenvalue weighted by Crippen LogP contribution is 2.23. The van der Waals surface area contributed by atoms with Crippen molar-refractivity contribution in [1.82, 2.24) is 19.5 Å². The lowest BCUT2D eigenvalue weighted by Gasteiger charge is -2.35. The van der Waals surface area contributed by atoms with Crippen LogP contribution in [0.15, 0.2) is 12.1 Å². The Morgan fingerprint density at radius 2 is 2.17 bits per heavy atom. The van der Waals surface area contributed by atoms with Gasteiger partial charge in [0.25, 0.3) is 5.91 Å². The molecule has 3 rings (SSSR count). The molecule has 1 saturated heterocycles. The van der Waals surface area contributed by atoms with Crippen LogP contribution in [-0.2, 0) is 4.74 Å². The van der Waals surface area contributed by atoms with Gasteiger partial charge in [-0.1, -0.05) is 0 Å². The molecule has 3 heterocycles. The maximum atomic E-state index is 13.0. The third-order valence-electron chi connectivity index (χ3n) is 4.73. The topological polar surface area (TPSA) is 59.7 Å². The smallest absolute Gasteiger partial charge is 0.274 e. The van der Waals surface area contributed by atoms with Gasteiger partial charge in [-0.2, -0.15) is 5.10 Å². The van der Waals surface area contributed by atoms with E-state index >= 15 is 0 Å². The van der Waals surface area contributed by atoms with Gasteiger partial charge in [-0.3, -0.25) is 4.79 Å². The van der Waals surface area contributed by atoms with Crippen LogP contribution in [0.25, 0.3) is 5.65 Å². The average molecular weight is 330 g/mol. The Kier molecular flexibility index (Phi) is 5.14. The summed E-state index contributed by atoms with van der Waals surface area (Å²) in [6, 6.07) is 4.08. The van der Waals surface area contributed by atoms with Gasteiger partial charge in [0.15, 0.2) is 11.3 Å². The fraction of sp³-hybridized carbons (Fsp3) is 0.611. The van der Waals surface area contributed by atoms with Crippen molar-refractivity contribution < 1.29 is 9.53 Å². The first kappa shape index (κ1) is 16.9. The maximum Gasteiger partial charge on any atom is 0.274 e. The molecule has 6 nitrogen and oxygen atoms in total. The maximum absolute atomic E-state index is 13.0. The van der Waals surface area contributed by atoms with E-state index in [9.17, 15) is 4.79 Å². The summed E-state index contributed by atoms with van der Waals surface area (Å²) in [5, 5.41) is 4.50. The number of amides is 1. The van der Waals surface area contributed by atoms with E-state index in [0.29, 0.717) is 11.7 Å². The molecule has 0 aromatic carbocycles. The minimum atomic E-state index is 0.0275. The van der Waals surface area contributed by atoms with Crippen molar-refractivity contribution in [3.8, 4) is 0 Å². The molecule has 0 radical (unpaired) electrons. The molecule has 1 aliphatic heterocycles. The van der Waals surface area contributed by atoms with E-state index in [1.807, 2.05) is 30.9 Å². The van der Waals surface area contributed by atoms with Crippen LogP contribution in [-0.4, -0.2) is 51.7 Å². The van der Waals surface area contributed by atoms with Crippen molar-refractivity contribution in [3.05, 3.63) is 29.2 Å². The molecule has 0 aliphatic carbocycles. The number of aromatic nitrogens is 3. The Hall–Kier alpha value is -1.95. The Balaban J connectivity index is 1.82. The SMILES string of the molecule is COCCC[C@@H]1CCCCN1C(=O)c1cc2nc(C)cc(C)n2n1. The van der Waals surface area contributed by atoms with E-state index < -0.39 is 0 Å². The van der Waals surface area contributed by atoms with Crippen LogP contribution in [0, 0.1) is 13.8 Å². The number of fused-ring (bicyclic) bond motifs is 1. The minimum Gasteiger partial charge on any atom is -0.385 e. The Labute approximate surface area is 142 Å². The third kappa shape index (κ3) is 3.43. The van der Waals surface area contributed by atoms with Crippen LogP contribution in [0.3, 0.4) is 0 Å². The van der Waals surface area contributed by atoms with Gasteiger partial charge in [0.05, 0.1) is 0 Å². The van der Waals surface area contributed by atoms with E-state index in [2.05, 4.69) is 10.1 Å². The molecule has 1 atom stereocenters. The van der Waals surface area contributed by atoms with Crippen LogP contribution >= 0.6 is 0 Å². The van der Waals surface area contributed by atoms with Gasteiger partial charge in [-0.25, -0.2) is 9.50 Å². The van der Waals surface area contributed by atoms with Crippen molar-refractivity contribution in [2.24, 2.45) is 0 Å². The number of hydrogen-bond donors (Lipinski definition) is 0. The molecular weight excluding hydrogens is 304 g/mol. The summed E-state index contributed by atoms with van der Waals surface area (Å²) in [5.41, 5.74) is 3.17. The number of carbonyl (C=O) groups excluding carboxylic acids is 1. The van der Waals surface area contributed by atoms with E-state index in [0.717, 1.165) is 55.9 Å². The number of nitrogens with zero attached hydrogens (tertiary/aromatic N) is 4. The average Bonchev–Trinajstić information content (AvgIpc) is 2.99. The van der Waals surface area contributed by atoms with Gasteiger partial charge in [-0.15, -0.1) is 0 Å². The summed E-state index contributed by atoms with van der Waals surface area (Å²) in [6.07, 6.45) is 5.29. The molecule has 6 heteroatoms. The number of likely N-dealkylation sites (tertiary alicyclic amines) is 1. The zero-order valence-corrected chi connectivity index (χ0v) is 14.8. The van der Waals surface area contributed by atoms with Gasteiger partial charge < -0.3 is 9.64 Å². The van der Waals surface area contributed by atoms with Crippen molar-refractivity contribution in [2.75, 3.05) is 20.3 Å². The fourth-order valence-corrected chi connectivity index (χ4v) is 3.57. The molecule has 130 valence electrons. The van der Waals surface area contributed by atoms with Crippen molar-refractivity contribution >= 4 is 11.6 Å². The van der Waals surface area contributed by atoms with Gasteiger partial charge >= 0.3 is 0 Å². The molecule has 1 aliphatic rings. The Morgan fingerprint density at radius 1 is 1.33 bits per heavy atom.